The highest BCUT2D eigenvalue weighted by atomic mass is 79.9. The van der Waals surface area contributed by atoms with Gasteiger partial charge in [0.25, 0.3) is 0 Å². The molecule has 2 N–H and O–H groups in total. The molecule has 1 heterocycles. The molecule has 2 rings (SSSR count). The molecule has 0 aliphatic heterocycles. The van der Waals surface area contributed by atoms with Crippen molar-refractivity contribution in [3.63, 3.8) is 0 Å². The van der Waals surface area contributed by atoms with Crippen LogP contribution in [-0.4, -0.2) is 16.7 Å². The van der Waals surface area contributed by atoms with Gasteiger partial charge in [0.1, 0.15) is 0 Å². The van der Waals surface area contributed by atoms with Gasteiger partial charge in [-0.1, -0.05) is 11.6 Å². The molecule has 0 aliphatic carbocycles. The van der Waals surface area contributed by atoms with Crippen LogP contribution in [0.3, 0.4) is 0 Å². The fraction of sp³-hybridized carbons (Fsp3) is 0.273. The molecule has 0 aliphatic rings. The third kappa shape index (κ3) is 1.80. The fourth-order valence-electron chi connectivity index (χ4n) is 1.84. The van der Waals surface area contributed by atoms with Crippen molar-refractivity contribution >= 4 is 38.4 Å². The summed E-state index contributed by atoms with van der Waals surface area (Å²) < 4.78 is 0.995. The summed E-state index contributed by atoms with van der Waals surface area (Å²) >= 11 is 9.64. The van der Waals surface area contributed by atoms with Crippen LogP contribution in [-0.2, 0) is 6.42 Å². The highest BCUT2D eigenvalue weighted by Crippen LogP contribution is 2.34. The summed E-state index contributed by atoms with van der Waals surface area (Å²) in [5.41, 5.74) is 3.16. The Balaban J connectivity index is 2.79. The number of fused-ring (bicyclic) bond motifs is 1. The van der Waals surface area contributed by atoms with Crippen LogP contribution in [0.4, 0.5) is 0 Å². The van der Waals surface area contributed by atoms with Crippen LogP contribution in [0, 0.1) is 6.92 Å². The maximum absolute atomic E-state index is 9.01. The average Bonchev–Trinajstić information content (AvgIpc) is 2.53. The molecule has 0 saturated carbocycles. The van der Waals surface area contributed by atoms with E-state index in [1.54, 1.807) is 0 Å². The second kappa shape index (κ2) is 4.16. The number of benzene rings is 1. The Morgan fingerprint density at radius 3 is 2.87 bits per heavy atom. The lowest BCUT2D eigenvalue weighted by Crippen LogP contribution is -1.91. The Morgan fingerprint density at radius 1 is 1.47 bits per heavy atom. The molecule has 0 amide bonds. The van der Waals surface area contributed by atoms with E-state index in [-0.39, 0.29) is 6.61 Å². The molecule has 1 aromatic heterocycles. The van der Waals surface area contributed by atoms with E-state index in [0.29, 0.717) is 6.42 Å². The number of aliphatic hydroxyl groups excluding tert-OH is 1. The molecule has 2 aromatic rings. The van der Waals surface area contributed by atoms with Crippen LogP contribution in [0.2, 0.25) is 5.02 Å². The Labute approximate surface area is 101 Å². The van der Waals surface area contributed by atoms with Crippen molar-refractivity contribution in [2.45, 2.75) is 13.3 Å². The Bertz CT molecular complexity index is 507. The maximum Gasteiger partial charge on any atom is 0.0618 e. The predicted molar refractivity (Wildman–Crippen MR) is 66.5 cm³/mol. The smallest absolute Gasteiger partial charge is 0.0618 e. The van der Waals surface area contributed by atoms with E-state index in [0.717, 1.165) is 31.7 Å². The molecule has 15 heavy (non-hydrogen) atoms. The lowest BCUT2D eigenvalue weighted by Gasteiger charge is -2.00. The van der Waals surface area contributed by atoms with Gasteiger partial charge in [-0.2, -0.15) is 0 Å². The molecular formula is C11H11BrClNO. The van der Waals surface area contributed by atoms with Crippen LogP contribution >= 0.6 is 27.5 Å². The Hall–Kier alpha value is -0.510. The quantitative estimate of drug-likeness (QED) is 0.872. The summed E-state index contributed by atoms with van der Waals surface area (Å²) in [5.74, 6) is 0. The molecule has 0 spiro atoms. The first-order valence-electron chi connectivity index (χ1n) is 4.71. The summed E-state index contributed by atoms with van der Waals surface area (Å²) in [6.45, 7) is 2.13. The number of rotatable bonds is 2. The molecule has 0 atom stereocenters. The summed E-state index contributed by atoms with van der Waals surface area (Å²) in [5, 5.41) is 10.7. The van der Waals surface area contributed by atoms with Crippen LogP contribution in [0.1, 0.15) is 11.3 Å². The lowest BCUT2D eigenvalue weighted by molar-refractivity contribution is 0.300. The van der Waals surface area contributed by atoms with Crippen molar-refractivity contribution in [2.75, 3.05) is 6.61 Å². The van der Waals surface area contributed by atoms with Gasteiger partial charge in [-0.15, -0.1) is 0 Å². The minimum atomic E-state index is 0.136. The van der Waals surface area contributed by atoms with Crippen LogP contribution in [0.5, 0.6) is 0 Å². The van der Waals surface area contributed by atoms with Gasteiger partial charge in [0.15, 0.2) is 0 Å². The van der Waals surface area contributed by atoms with Gasteiger partial charge in [0, 0.05) is 22.2 Å². The van der Waals surface area contributed by atoms with E-state index in [9.17, 15) is 0 Å². The van der Waals surface area contributed by atoms with E-state index < -0.39 is 0 Å². The number of H-pyrrole nitrogens is 1. The predicted octanol–water partition coefficient (Wildman–Crippen LogP) is 3.43. The third-order valence-corrected chi connectivity index (χ3v) is 3.51. The first-order chi connectivity index (χ1) is 7.15. The van der Waals surface area contributed by atoms with E-state index in [2.05, 4.69) is 20.9 Å². The topological polar surface area (TPSA) is 36.0 Å². The molecule has 0 radical (unpaired) electrons. The van der Waals surface area contributed by atoms with Crippen LogP contribution in [0.25, 0.3) is 10.9 Å². The zero-order valence-electron chi connectivity index (χ0n) is 8.27. The van der Waals surface area contributed by atoms with E-state index in [4.69, 9.17) is 16.7 Å². The lowest BCUT2D eigenvalue weighted by atomic mass is 10.1. The molecule has 0 fully saturated rings. The molecule has 1 aromatic carbocycles. The first-order valence-corrected chi connectivity index (χ1v) is 5.88. The van der Waals surface area contributed by atoms with E-state index in [1.165, 1.54) is 0 Å². The molecular weight excluding hydrogens is 277 g/mol. The van der Waals surface area contributed by atoms with Crippen molar-refractivity contribution in [3.05, 3.63) is 32.9 Å². The zero-order valence-corrected chi connectivity index (χ0v) is 10.6. The molecule has 0 unspecified atom stereocenters. The second-order valence-corrected chi connectivity index (χ2v) is 4.74. The monoisotopic (exact) mass is 287 g/mol. The summed E-state index contributed by atoms with van der Waals surface area (Å²) in [6.07, 6.45) is 0.627. The number of aromatic amines is 1. The zero-order chi connectivity index (χ0) is 11.0. The normalized spacial score (nSPS) is 11.2. The molecule has 2 nitrogen and oxygen atoms in total. The van der Waals surface area contributed by atoms with Gasteiger partial charge in [0.2, 0.25) is 0 Å². The molecule has 80 valence electrons. The third-order valence-electron chi connectivity index (χ3n) is 2.53. The number of aromatic nitrogens is 1. The van der Waals surface area contributed by atoms with Crippen molar-refractivity contribution in [3.8, 4) is 0 Å². The standard InChI is InChI=1S/C11H11BrClNO/c1-6-7(4-5-15)10-9(13)3-2-8(12)11(10)14-6/h2-3,14-15H,4-5H2,1H3. The van der Waals surface area contributed by atoms with Crippen LogP contribution in [0.15, 0.2) is 16.6 Å². The summed E-state index contributed by atoms with van der Waals surface area (Å²) in [4.78, 5) is 3.28. The molecule has 4 heteroatoms. The van der Waals surface area contributed by atoms with Crippen molar-refractivity contribution in [1.29, 1.82) is 0 Å². The minimum absolute atomic E-state index is 0.136. The molecule has 0 saturated heterocycles. The Morgan fingerprint density at radius 2 is 2.20 bits per heavy atom. The Kier molecular flexibility index (Phi) is 3.05. The highest BCUT2D eigenvalue weighted by molar-refractivity contribution is 9.10. The van der Waals surface area contributed by atoms with E-state index >= 15 is 0 Å². The SMILES string of the molecule is Cc1[nH]c2c(Br)ccc(Cl)c2c1CCO. The van der Waals surface area contributed by atoms with E-state index in [1.807, 2.05) is 19.1 Å². The van der Waals surface area contributed by atoms with Crippen molar-refractivity contribution < 1.29 is 5.11 Å². The van der Waals surface area contributed by atoms with Gasteiger partial charge in [-0.05, 0) is 47.0 Å². The highest BCUT2D eigenvalue weighted by Gasteiger charge is 2.12. The van der Waals surface area contributed by atoms with Crippen molar-refractivity contribution in [2.24, 2.45) is 0 Å². The van der Waals surface area contributed by atoms with Gasteiger partial charge < -0.3 is 10.1 Å². The van der Waals surface area contributed by atoms with Crippen molar-refractivity contribution in [1.82, 2.24) is 4.98 Å². The number of aryl methyl sites for hydroxylation is 1. The van der Waals surface area contributed by atoms with Gasteiger partial charge in [0.05, 0.1) is 10.5 Å². The number of hydrogen-bond acceptors (Lipinski definition) is 1. The van der Waals surface area contributed by atoms with Gasteiger partial charge in [-0.3, -0.25) is 0 Å². The summed E-state index contributed by atoms with van der Waals surface area (Å²) in [6, 6.07) is 3.78. The number of nitrogens with one attached hydrogen (secondary N) is 1. The van der Waals surface area contributed by atoms with Crippen LogP contribution < -0.4 is 0 Å². The average molecular weight is 289 g/mol. The minimum Gasteiger partial charge on any atom is -0.396 e. The molecule has 0 bridgehead atoms. The number of hydrogen-bond donors (Lipinski definition) is 2. The second-order valence-electron chi connectivity index (χ2n) is 3.48. The first kappa shape index (κ1) is 11.0. The summed E-state index contributed by atoms with van der Waals surface area (Å²) in [7, 11) is 0. The number of aliphatic hydroxyl groups is 1. The van der Waals surface area contributed by atoms with Gasteiger partial charge in [-0.25, -0.2) is 0 Å². The largest absolute Gasteiger partial charge is 0.396 e. The fourth-order valence-corrected chi connectivity index (χ4v) is 2.54. The van der Waals surface area contributed by atoms with Gasteiger partial charge >= 0.3 is 0 Å². The number of halogens is 2. The maximum atomic E-state index is 9.01.